The van der Waals surface area contributed by atoms with E-state index in [9.17, 15) is 18.4 Å². The number of amides is 3. The molecule has 9 heteroatoms. The second-order valence-corrected chi connectivity index (χ2v) is 8.43. The highest BCUT2D eigenvalue weighted by molar-refractivity contribution is 5.97. The lowest BCUT2D eigenvalue weighted by atomic mass is 10.1. The van der Waals surface area contributed by atoms with E-state index in [4.69, 9.17) is 0 Å². The molecule has 0 aliphatic rings. The van der Waals surface area contributed by atoms with Crippen LogP contribution < -0.4 is 10.6 Å². The van der Waals surface area contributed by atoms with E-state index in [0.29, 0.717) is 35.9 Å². The molecule has 7 nitrogen and oxygen atoms in total. The van der Waals surface area contributed by atoms with Crippen LogP contribution in [0.15, 0.2) is 84.9 Å². The van der Waals surface area contributed by atoms with E-state index in [0.717, 1.165) is 12.0 Å². The van der Waals surface area contributed by atoms with E-state index >= 15 is 0 Å². The predicted molar refractivity (Wildman–Crippen MR) is 139 cm³/mol. The average molecular weight is 504 g/mol. The molecule has 0 unspecified atom stereocenters. The number of rotatable bonds is 9. The summed E-state index contributed by atoms with van der Waals surface area (Å²) in [7, 11) is 0. The Morgan fingerprint density at radius 2 is 1.65 bits per heavy atom. The zero-order valence-electron chi connectivity index (χ0n) is 20.3. The fourth-order valence-corrected chi connectivity index (χ4v) is 3.73. The number of nitrogens with one attached hydrogen (secondary N) is 2. The van der Waals surface area contributed by atoms with Crippen LogP contribution in [-0.2, 0) is 4.79 Å². The highest BCUT2D eigenvalue weighted by Gasteiger charge is 2.20. The Morgan fingerprint density at radius 1 is 0.892 bits per heavy atom. The van der Waals surface area contributed by atoms with Crippen molar-refractivity contribution in [2.24, 2.45) is 0 Å². The summed E-state index contributed by atoms with van der Waals surface area (Å²) in [4.78, 5) is 27.3. The molecule has 37 heavy (non-hydrogen) atoms. The lowest BCUT2D eigenvalue weighted by molar-refractivity contribution is -0.116. The van der Waals surface area contributed by atoms with Gasteiger partial charge >= 0.3 is 6.03 Å². The van der Waals surface area contributed by atoms with Gasteiger partial charge < -0.3 is 15.5 Å². The fraction of sp³-hybridized carbons (Fsp3) is 0.179. The second-order valence-electron chi connectivity index (χ2n) is 8.43. The highest BCUT2D eigenvalue weighted by Crippen LogP contribution is 2.25. The predicted octanol–water partition coefficient (Wildman–Crippen LogP) is 6.09. The third-order valence-corrected chi connectivity index (χ3v) is 5.60. The first-order chi connectivity index (χ1) is 17.9. The molecule has 190 valence electrons. The monoisotopic (exact) mass is 503 g/mol. The summed E-state index contributed by atoms with van der Waals surface area (Å²) >= 11 is 0. The van der Waals surface area contributed by atoms with E-state index in [-0.39, 0.29) is 12.4 Å². The number of carbonyl (C=O) groups is 2. The minimum Gasteiger partial charge on any atom is -0.315 e. The maximum Gasteiger partial charge on any atom is 0.322 e. The van der Waals surface area contributed by atoms with Gasteiger partial charge in [-0.1, -0.05) is 49.7 Å². The summed E-state index contributed by atoms with van der Waals surface area (Å²) in [5.41, 5.74) is 2.32. The van der Waals surface area contributed by atoms with Crippen molar-refractivity contribution in [1.29, 1.82) is 0 Å². The molecular weight excluding hydrogens is 476 g/mol. The van der Waals surface area contributed by atoms with Gasteiger partial charge in [-0.15, -0.1) is 0 Å². The maximum absolute atomic E-state index is 13.5. The molecule has 0 radical (unpaired) electrons. The lowest BCUT2D eigenvalue weighted by Crippen LogP contribution is -2.41. The molecule has 0 aliphatic heterocycles. The molecular formula is C28H27F2N5O2. The highest BCUT2D eigenvalue weighted by atomic mass is 19.1. The van der Waals surface area contributed by atoms with Gasteiger partial charge in [0, 0.05) is 23.9 Å². The van der Waals surface area contributed by atoms with E-state index in [1.54, 1.807) is 24.3 Å². The molecule has 4 aromatic rings. The molecule has 0 bridgehead atoms. The third-order valence-electron chi connectivity index (χ3n) is 5.60. The SMILES string of the molecule is CCCCN(CC(=O)Nc1cc(-c2ccccc2)nn1-c1ccc(F)cc1)C(=O)Nc1cccc(F)c1. The van der Waals surface area contributed by atoms with Crippen molar-refractivity contribution in [2.45, 2.75) is 19.8 Å². The third kappa shape index (κ3) is 6.78. The Kier molecular flexibility index (Phi) is 8.25. The van der Waals surface area contributed by atoms with Gasteiger partial charge in [0.2, 0.25) is 5.91 Å². The number of aromatic nitrogens is 2. The van der Waals surface area contributed by atoms with Crippen LogP contribution in [0.5, 0.6) is 0 Å². The van der Waals surface area contributed by atoms with E-state index in [1.165, 1.54) is 39.9 Å². The first-order valence-corrected chi connectivity index (χ1v) is 12.0. The van der Waals surface area contributed by atoms with Crippen molar-refractivity contribution in [1.82, 2.24) is 14.7 Å². The minimum atomic E-state index is -0.508. The molecule has 1 aromatic heterocycles. The Balaban J connectivity index is 1.55. The van der Waals surface area contributed by atoms with Crippen molar-refractivity contribution in [3.8, 4) is 16.9 Å². The van der Waals surface area contributed by atoms with Crippen LogP contribution >= 0.6 is 0 Å². The van der Waals surface area contributed by atoms with Crippen molar-refractivity contribution < 1.29 is 18.4 Å². The van der Waals surface area contributed by atoms with Crippen molar-refractivity contribution in [3.63, 3.8) is 0 Å². The van der Waals surface area contributed by atoms with Crippen LogP contribution in [0, 0.1) is 11.6 Å². The largest absolute Gasteiger partial charge is 0.322 e. The Bertz CT molecular complexity index is 1360. The first-order valence-electron chi connectivity index (χ1n) is 12.0. The zero-order valence-corrected chi connectivity index (χ0v) is 20.3. The van der Waals surface area contributed by atoms with Crippen LogP contribution in [0.4, 0.5) is 25.1 Å². The molecule has 0 saturated heterocycles. The van der Waals surface area contributed by atoms with Crippen LogP contribution in [0.1, 0.15) is 19.8 Å². The number of benzene rings is 3. The van der Waals surface area contributed by atoms with Gasteiger partial charge in [0.25, 0.3) is 0 Å². The second kappa shape index (κ2) is 11.9. The molecule has 3 amide bonds. The molecule has 2 N–H and O–H groups in total. The minimum absolute atomic E-state index is 0.226. The van der Waals surface area contributed by atoms with Crippen LogP contribution in [-0.4, -0.2) is 39.7 Å². The number of hydrogen-bond acceptors (Lipinski definition) is 3. The van der Waals surface area contributed by atoms with Gasteiger partial charge in [0.1, 0.15) is 24.0 Å². The number of carbonyl (C=O) groups excluding carboxylic acids is 2. The van der Waals surface area contributed by atoms with E-state index in [2.05, 4.69) is 15.7 Å². The molecule has 0 atom stereocenters. The molecule has 4 rings (SSSR count). The summed E-state index contributed by atoms with van der Waals surface area (Å²) in [5, 5.41) is 10.1. The summed E-state index contributed by atoms with van der Waals surface area (Å²) in [6.45, 7) is 2.10. The maximum atomic E-state index is 13.5. The molecule has 0 spiro atoms. The van der Waals surface area contributed by atoms with Gasteiger partial charge in [-0.05, 0) is 48.9 Å². The summed E-state index contributed by atoms with van der Waals surface area (Å²) in [6.07, 6.45) is 1.51. The van der Waals surface area contributed by atoms with Crippen molar-refractivity contribution >= 4 is 23.4 Å². The number of unbranched alkanes of at least 4 members (excludes halogenated alkanes) is 1. The quantitative estimate of drug-likeness (QED) is 0.290. The Hall–Kier alpha value is -4.53. The number of urea groups is 1. The summed E-state index contributed by atoms with van der Waals surface area (Å²) < 4.78 is 28.6. The molecule has 0 fully saturated rings. The number of hydrogen-bond donors (Lipinski definition) is 2. The van der Waals surface area contributed by atoms with Gasteiger partial charge in [0.15, 0.2) is 0 Å². The normalized spacial score (nSPS) is 10.7. The van der Waals surface area contributed by atoms with Crippen LogP contribution in [0.2, 0.25) is 0 Å². The Morgan fingerprint density at radius 3 is 2.35 bits per heavy atom. The molecule has 0 saturated carbocycles. The van der Waals surface area contributed by atoms with Crippen LogP contribution in [0.25, 0.3) is 16.9 Å². The number of anilines is 2. The van der Waals surface area contributed by atoms with E-state index < -0.39 is 17.8 Å². The summed E-state index contributed by atoms with van der Waals surface area (Å²) in [6, 6.07) is 22.0. The topological polar surface area (TPSA) is 79.3 Å². The van der Waals surface area contributed by atoms with E-state index in [1.807, 2.05) is 37.3 Å². The number of nitrogens with zero attached hydrogens (tertiary/aromatic N) is 3. The van der Waals surface area contributed by atoms with Crippen molar-refractivity contribution in [2.75, 3.05) is 23.7 Å². The number of halogens is 2. The van der Waals surface area contributed by atoms with Gasteiger partial charge in [-0.2, -0.15) is 5.10 Å². The Labute approximate surface area is 213 Å². The lowest BCUT2D eigenvalue weighted by Gasteiger charge is -2.22. The molecule has 0 aliphatic carbocycles. The average Bonchev–Trinajstić information content (AvgIpc) is 3.31. The fourth-order valence-electron chi connectivity index (χ4n) is 3.73. The van der Waals surface area contributed by atoms with Crippen LogP contribution in [0.3, 0.4) is 0 Å². The van der Waals surface area contributed by atoms with Crippen molar-refractivity contribution in [3.05, 3.63) is 96.6 Å². The molecule has 3 aromatic carbocycles. The summed E-state index contributed by atoms with van der Waals surface area (Å²) in [5.74, 6) is -0.926. The van der Waals surface area contributed by atoms with Gasteiger partial charge in [-0.3, -0.25) is 4.79 Å². The first kappa shape index (κ1) is 25.6. The standard InChI is InChI=1S/C28H27F2N5O2/c1-2-3-16-34(28(37)31-23-11-7-10-22(30)17-23)19-27(36)32-26-18-25(20-8-5-4-6-9-20)33-35(26)24-14-12-21(29)13-15-24/h4-15,17-18H,2-3,16,19H2,1H3,(H,31,37)(H,32,36). The van der Waals surface area contributed by atoms with Gasteiger partial charge in [0.05, 0.1) is 11.4 Å². The zero-order chi connectivity index (χ0) is 26.2. The molecule has 1 heterocycles. The smallest absolute Gasteiger partial charge is 0.315 e. The van der Waals surface area contributed by atoms with Gasteiger partial charge in [-0.25, -0.2) is 18.3 Å².